The SMILES string of the molecule is COc1cccc(-c2noc(C3CCCN(S(=O)(=O)c4ccc(NC(C)=O)cc4)C3)n2)c1. The third-order valence-corrected chi connectivity index (χ3v) is 7.19. The van der Waals surface area contributed by atoms with E-state index in [4.69, 9.17) is 9.26 Å². The number of carbonyl (C=O) groups excluding carboxylic acids is 1. The van der Waals surface area contributed by atoms with Crippen molar-refractivity contribution >= 4 is 21.6 Å². The highest BCUT2D eigenvalue weighted by atomic mass is 32.2. The second-order valence-electron chi connectivity index (χ2n) is 7.60. The molecule has 168 valence electrons. The number of benzene rings is 2. The number of nitrogens with zero attached hydrogens (tertiary/aromatic N) is 3. The van der Waals surface area contributed by atoms with Gasteiger partial charge in [0.15, 0.2) is 0 Å². The third-order valence-electron chi connectivity index (χ3n) is 5.32. The van der Waals surface area contributed by atoms with Crippen molar-refractivity contribution in [3.63, 3.8) is 0 Å². The number of amides is 1. The van der Waals surface area contributed by atoms with Crippen molar-refractivity contribution in [2.45, 2.75) is 30.6 Å². The predicted octanol–water partition coefficient (Wildman–Crippen LogP) is 3.27. The minimum absolute atomic E-state index is 0.176. The summed E-state index contributed by atoms with van der Waals surface area (Å²) in [5.74, 6) is 1.14. The number of methoxy groups -OCH3 is 1. The minimum Gasteiger partial charge on any atom is -0.497 e. The summed E-state index contributed by atoms with van der Waals surface area (Å²) in [6, 6.07) is 13.5. The van der Waals surface area contributed by atoms with Crippen LogP contribution < -0.4 is 10.1 Å². The van der Waals surface area contributed by atoms with Crippen LogP contribution in [0.15, 0.2) is 57.9 Å². The van der Waals surface area contributed by atoms with Gasteiger partial charge in [-0.2, -0.15) is 9.29 Å². The summed E-state index contributed by atoms with van der Waals surface area (Å²) in [4.78, 5) is 15.9. The van der Waals surface area contributed by atoms with E-state index in [0.29, 0.717) is 36.1 Å². The molecule has 9 nitrogen and oxygen atoms in total. The molecule has 1 N–H and O–H groups in total. The summed E-state index contributed by atoms with van der Waals surface area (Å²) >= 11 is 0. The summed E-state index contributed by atoms with van der Waals surface area (Å²) in [6.45, 7) is 2.08. The summed E-state index contributed by atoms with van der Waals surface area (Å²) < 4.78 is 38.5. The van der Waals surface area contributed by atoms with Crippen molar-refractivity contribution in [2.24, 2.45) is 0 Å². The van der Waals surface area contributed by atoms with Crippen LogP contribution in [0.25, 0.3) is 11.4 Å². The average Bonchev–Trinajstić information content (AvgIpc) is 3.30. The maximum absolute atomic E-state index is 13.2. The van der Waals surface area contributed by atoms with Gasteiger partial charge in [0.05, 0.1) is 17.9 Å². The number of sulfonamides is 1. The van der Waals surface area contributed by atoms with Crippen LogP contribution in [0.3, 0.4) is 0 Å². The normalized spacial score (nSPS) is 17.1. The highest BCUT2D eigenvalue weighted by Gasteiger charge is 2.33. The first-order valence-corrected chi connectivity index (χ1v) is 11.7. The van der Waals surface area contributed by atoms with Gasteiger partial charge in [0.1, 0.15) is 5.75 Å². The molecule has 1 atom stereocenters. The first-order chi connectivity index (χ1) is 15.4. The van der Waals surface area contributed by atoms with Crippen molar-refractivity contribution in [1.82, 2.24) is 14.4 Å². The Hall–Kier alpha value is -3.24. The van der Waals surface area contributed by atoms with E-state index in [2.05, 4.69) is 15.5 Å². The number of ether oxygens (including phenoxy) is 1. The summed E-state index contributed by atoms with van der Waals surface area (Å²) in [5.41, 5.74) is 1.31. The maximum Gasteiger partial charge on any atom is 0.243 e. The topological polar surface area (TPSA) is 115 Å². The smallest absolute Gasteiger partial charge is 0.243 e. The molecule has 0 radical (unpaired) electrons. The van der Waals surface area contributed by atoms with Gasteiger partial charge in [-0.1, -0.05) is 17.3 Å². The van der Waals surface area contributed by atoms with Crippen LogP contribution in [0.2, 0.25) is 0 Å². The molecule has 0 spiro atoms. The zero-order chi connectivity index (χ0) is 22.7. The monoisotopic (exact) mass is 456 g/mol. The minimum atomic E-state index is -3.69. The molecule has 0 aliphatic carbocycles. The Balaban J connectivity index is 1.51. The van der Waals surface area contributed by atoms with Gasteiger partial charge in [-0.25, -0.2) is 8.42 Å². The van der Waals surface area contributed by atoms with Crippen LogP contribution in [0.1, 0.15) is 31.6 Å². The van der Waals surface area contributed by atoms with Gasteiger partial charge in [-0.05, 0) is 49.2 Å². The van der Waals surface area contributed by atoms with Gasteiger partial charge in [-0.3, -0.25) is 4.79 Å². The van der Waals surface area contributed by atoms with Crippen LogP contribution in [-0.2, 0) is 14.8 Å². The van der Waals surface area contributed by atoms with Crippen molar-refractivity contribution in [3.8, 4) is 17.1 Å². The van der Waals surface area contributed by atoms with E-state index in [1.54, 1.807) is 19.2 Å². The first-order valence-electron chi connectivity index (χ1n) is 10.2. The Labute approximate surface area is 186 Å². The van der Waals surface area contributed by atoms with Crippen molar-refractivity contribution in [2.75, 3.05) is 25.5 Å². The lowest BCUT2D eigenvalue weighted by Gasteiger charge is -2.30. The van der Waals surface area contributed by atoms with Gasteiger partial charge in [0.2, 0.25) is 27.6 Å². The molecule has 1 aromatic heterocycles. The molecule has 1 saturated heterocycles. The van der Waals surface area contributed by atoms with Gasteiger partial charge in [-0.15, -0.1) is 0 Å². The van der Waals surface area contributed by atoms with Crippen LogP contribution in [0.4, 0.5) is 5.69 Å². The predicted molar refractivity (Wildman–Crippen MR) is 118 cm³/mol. The number of aromatic nitrogens is 2. The van der Waals surface area contributed by atoms with Crippen LogP contribution in [0.5, 0.6) is 5.75 Å². The number of anilines is 1. The molecule has 1 aliphatic rings. The molecule has 0 saturated carbocycles. The van der Waals surface area contributed by atoms with Crippen molar-refractivity contribution in [3.05, 3.63) is 54.4 Å². The van der Waals surface area contributed by atoms with Crippen LogP contribution in [-0.4, -0.2) is 49.0 Å². The lowest BCUT2D eigenvalue weighted by atomic mass is 10.00. The number of rotatable bonds is 6. The van der Waals surface area contributed by atoms with Crippen molar-refractivity contribution < 1.29 is 22.5 Å². The molecule has 1 fully saturated rings. The quantitative estimate of drug-likeness (QED) is 0.605. The molecule has 1 unspecified atom stereocenters. The first kappa shape index (κ1) is 22.0. The lowest BCUT2D eigenvalue weighted by molar-refractivity contribution is -0.114. The molecule has 10 heteroatoms. The molecule has 2 aromatic carbocycles. The number of nitrogens with one attached hydrogen (secondary N) is 1. The van der Waals surface area contributed by atoms with Crippen molar-refractivity contribution in [1.29, 1.82) is 0 Å². The highest BCUT2D eigenvalue weighted by molar-refractivity contribution is 7.89. The zero-order valence-electron chi connectivity index (χ0n) is 17.8. The Morgan fingerprint density at radius 2 is 2.00 bits per heavy atom. The fourth-order valence-electron chi connectivity index (χ4n) is 3.71. The second-order valence-corrected chi connectivity index (χ2v) is 9.53. The van der Waals surface area contributed by atoms with E-state index in [1.807, 2.05) is 24.3 Å². The summed E-state index contributed by atoms with van der Waals surface area (Å²) in [7, 11) is -2.10. The van der Waals surface area contributed by atoms with Gasteiger partial charge in [0.25, 0.3) is 0 Å². The van der Waals surface area contributed by atoms with Gasteiger partial charge < -0.3 is 14.6 Å². The molecule has 1 aliphatic heterocycles. The van der Waals surface area contributed by atoms with Gasteiger partial charge in [0, 0.05) is 31.3 Å². The molecule has 4 rings (SSSR count). The molecular weight excluding hydrogens is 432 g/mol. The molecular formula is C22H24N4O5S. The molecule has 1 amide bonds. The third kappa shape index (κ3) is 4.66. The molecule has 0 bridgehead atoms. The number of carbonyl (C=O) groups is 1. The van der Waals surface area contributed by atoms with E-state index >= 15 is 0 Å². The fourth-order valence-corrected chi connectivity index (χ4v) is 5.23. The van der Waals surface area contributed by atoms with E-state index in [9.17, 15) is 13.2 Å². The van der Waals surface area contributed by atoms with E-state index in [0.717, 1.165) is 12.0 Å². The summed E-state index contributed by atoms with van der Waals surface area (Å²) in [6.07, 6.45) is 1.44. The standard InChI is InChI=1S/C22H24N4O5S/c1-15(27)23-18-8-10-20(11-9-18)32(28,29)26-12-4-6-17(14-26)22-24-21(25-31-22)16-5-3-7-19(13-16)30-2/h3,5,7-11,13,17H,4,6,12,14H2,1-2H3,(H,23,27). The number of hydrogen-bond acceptors (Lipinski definition) is 7. The molecule has 3 aromatic rings. The van der Waals surface area contributed by atoms with E-state index in [1.165, 1.54) is 23.4 Å². The Bertz CT molecular complexity index is 1210. The molecule has 32 heavy (non-hydrogen) atoms. The Morgan fingerprint density at radius 1 is 1.22 bits per heavy atom. The highest BCUT2D eigenvalue weighted by Crippen LogP contribution is 2.31. The second kappa shape index (κ2) is 9.09. The maximum atomic E-state index is 13.2. The summed E-state index contributed by atoms with van der Waals surface area (Å²) in [5, 5.41) is 6.70. The van der Waals surface area contributed by atoms with E-state index in [-0.39, 0.29) is 23.3 Å². The largest absolute Gasteiger partial charge is 0.497 e. The zero-order valence-corrected chi connectivity index (χ0v) is 18.6. The van der Waals surface area contributed by atoms with Crippen LogP contribution >= 0.6 is 0 Å². The average molecular weight is 457 g/mol. The number of hydrogen-bond donors (Lipinski definition) is 1. The Morgan fingerprint density at radius 3 is 2.72 bits per heavy atom. The molecule has 2 heterocycles. The number of piperidine rings is 1. The Kier molecular flexibility index (Phi) is 6.24. The van der Waals surface area contributed by atoms with Gasteiger partial charge >= 0.3 is 0 Å². The van der Waals surface area contributed by atoms with E-state index < -0.39 is 10.0 Å². The van der Waals surface area contributed by atoms with Crippen LogP contribution in [0, 0.1) is 0 Å². The fraction of sp³-hybridized carbons (Fsp3) is 0.318. The lowest BCUT2D eigenvalue weighted by Crippen LogP contribution is -2.39.